The van der Waals surface area contributed by atoms with E-state index < -0.39 is 0 Å². The molecule has 13 heavy (non-hydrogen) atoms. The number of piperidine rings is 1. The van der Waals surface area contributed by atoms with E-state index in [2.05, 4.69) is 19.2 Å². The molecule has 2 N–H and O–H groups in total. The van der Waals surface area contributed by atoms with Gasteiger partial charge in [0.2, 0.25) is 0 Å². The van der Waals surface area contributed by atoms with Crippen molar-refractivity contribution in [2.45, 2.75) is 33.1 Å². The van der Waals surface area contributed by atoms with Crippen molar-refractivity contribution in [2.24, 2.45) is 17.8 Å². The topological polar surface area (TPSA) is 32.3 Å². The van der Waals surface area contributed by atoms with Gasteiger partial charge in [0.1, 0.15) is 0 Å². The predicted molar refractivity (Wildman–Crippen MR) is 55.6 cm³/mol. The van der Waals surface area contributed by atoms with E-state index >= 15 is 0 Å². The molecule has 0 aliphatic carbocycles. The summed E-state index contributed by atoms with van der Waals surface area (Å²) in [5.74, 6) is 2.33. The van der Waals surface area contributed by atoms with E-state index in [0.29, 0.717) is 6.61 Å². The molecule has 78 valence electrons. The van der Waals surface area contributed by atoms with Gasteiger partial charge in [0.25, 0.3) is 0 Å². The lowest BCUT2D eigenvalue weighted by molar-refractivity contribution is 0.168. The molecule has 0 aromatic heterocycles. The Labute approximate surface area is 81.7 Å². The van der Waals surface area contributed by atoms with Crippen LogP contribution in [0.2, 0.25) is 0 Å². The highest BCUT2D eigenvalue weighted by molar-refractivity contribution is 4.78. The third-order valence-corrected chi connectivity index (χ3v) is 3.04. The third kappa shape index (κ3) is 3.65. The van der Waals surface area contributed by atoms with Crippen LogP contribution < -0.4 is 5.32 Å². The molecular weight excluding hydrogens is 162 g/mol. The van der Waals surface area contributed by atoms with Gasteiger partial charge in [-0.15, -0.1) is 0 Å². The van der Waals surface area contributed by atoms with Crippen molar-refractivity contribution in [3.63, 3.8) is 0 Å². The van der Waals surface area contributed by atoms with Crippen molar-refractivity contribution in [1.82, 2.24) is 5.32 Å². The molecule has 2 heteroatoms. The molecule has 0 radical (unpaired) electrons. The van der Waals surface area contributed by atoms with Crippen molar-refractivity contribution in [3.8, 4) is 0 Å². The summed E-state index contributed by atoms with van der Waals surface area (Å²) < 4.78 is 0. The normalized spacial score (nSPS) is 29.5. The third-order valence-electron chi connectivity index (χ3n) is 3.04. The number of hydrogen-bond donors (Lipinski definition) is 2. The summed E-state index contributed by atoms with van der Waals surface area (Å²) in [6.07, 6.45) is 3.55. The second kappa shape index (κ2) is 5.61. The van der Waals surface area contributed by atoms with Crippen LogP contribution in [0.25, 0.3) is 0 Å². The van der Waals surface area contributed by atoms with Crippen LogP contribution in [0.4, 0.5) is 0 Å². The number of hydrogen-bond acceptors (Lipinski definition) is 2. The van der Waals surface area contributed by atoms with E-state index in [-0.39, 0.29) is 0 Å². The molecule has 1 saturated heterocycles. The maximum atomic E-state index is 8.95. The Kier molecular flexibility index (Phi) is 4.74. The van der Waals surface area contributed by atoms with Crippen LogP contribution in [-0.2, 0) is 0 Å². The lowest BCUT2D eigenvalue weighted by atomic mass is 9.79. The molecule has 0 spiro atoms. The van der Waals surface area contributed by atoms with Gasteiger partial charge in [-0.25, -0.2) is 0 Å². The molecule has 2 atom stereocenters. The fourth-order valence-corrected chi connectivity index (χ4v) is 2.40. The standard InChI is InChI=1S/C11H23NO/c1-9(2)7-11-8-12-5-3-10(11)4-6-13/h9-13H,3-8H2,1-2H3. The van der Waals surface area contributed by atoms with Crippen molar-refractivity contribution in [1.29, 1.82) is 0 Å². The maximum Gasteiger partial charge on any atom is 0.0433 e. The highest BCUT2D eigenvalue weighted by Crippen LogP contribution is 2.27. The van der Waals surface area contributed by atoms with Gasteiger partial charge in [-0.05, 0) is 50.1 Å². The van der Waals surface area contributed by atoms with Crippen molar-refractivity contribution < 1.29 is 5.11 Å². The van der Waals surface area contributed by atoms with E-state index in [0.717, 1.165) is 37.3 Å². The monoisotopic (exact) mass is 185 g/mol. The summed E-state index contributed by atoms with van der Waals surface area (Å²) in [6, 6.07) is 0. The minimum Gasteiger partial charge on any atom is -0.396 e. The summed E-state index contributed by atoms with van der Waals surface area (Å²) in [5.41, 5.74) is 0. The molecule has 0 aromatic carbocycles. The van der Waals surface area contributed by atoms with Gasteiger partial charge in [0.15, 0.2) is 0 Å². The lowest BCUT2D eigenvalue weighted by Gasteiger charge is -2.33. The number of aliphatic hydroxyl groups excluding tert-OH is 1. The first kappa shape index (κ1) is 11.0. The molecule has 2 nitrogen and oxygen atoms in total. The van der Waals surface area contributed by atoms with Gasteiger partial charge in [-0.2, -0.15) is 0 Å². The Balaban J connectivity index is 2.36. The van der Waals surface area contributed by atoms with Gasteiger partial charge in [-0.1, -0.05) is 13.8 Å². The zero-order valence-corrected chi connectivity index (χ0v) is 8.92. The van der Waals surface area contributed by atoms with Gasteiger partial charge in [-0.3, -0.25) is 0 Å². The largest absolute Gasteiger partial charge is 0.396 e. The molecule has 0 aromatic rings. The zero-order chi connectivity index (χ0) is 9.68. The van der Waals surface area contributed by atoms with Gasteiger partial charge in [0.05, 0.1) is 0 Å². The number of nitrogens with one attached hydrogen (secondary N) is 1. The maximum absolute atomic E-state index is 8.95. The molecule has 1 fully saturated rings. The first-order valence-corrected chi connectivity index (χ1v) is 5.55. The van der Waals surface area contributed by atoms with Crippen LogP contribution in [0.15, 0.2) is 0 Å². The molecule has 0 amide bonds. The highest BCUT2D eigenvalue weighted by atomic mass is 16.3. The average Bonchev–Trinajstić information content (AvgIpc) is 2.08. The zero-order valence-electron chi connectivity index (χ0n) is 8.92. The van der Waals surface area contributed by atoms with Crippen LogP contribution in [0.3, 0.4) is 0 Å². The van der Waals surface area contributed by atoms with E-state index in [9.17, 15) is 0 Å². The fourth-order valence-electron chi connectivity index (χ4n) is 2.40. The Morgan fingerprint density at radius 3 is 2.77 bits per heavy atom. The van der Waals surface area contributed by atoms with Crippen LogP contribution in [0, 0.1) is 17.8 Å². The summed E-state index contributed by atoms with van der Waals surface area (Å²) in [5, 5.41) is 12.4. The Morgan fingerprint density at radius 2 is 2.15 bits per heavy atom. The van der Waals surface area contributed by atoms with E-state index in [1.807, 2.05) is 0 Å². The SMILES string of the molecule is CC(C)CC1CNCCC1CCO. The van der Waals surface area contributed by atoms with Crippen molar-refractivity contribution >= 4 is 0 Å². The summed E-state index contributed by atoms with van der Waals surface area (Å²) in [6.45, 7) is 7.22. The van der Waals surface area contributed by atoms with E-state index in [1.54, 1.807) is 0 Å². The van der Waals surface area contributed by atoms with E-state index in [1.165, 1.54) is 12.8 Å². The van der Waals surface area contributed by atoms with Gasteiger partial charge >= 0.3 is 0 Å². The second-order valence-electron chi connectivity index (χ2n) is 4.65. The lowest BCUT2D eigenvalue weighted by Crippen LogP contribution is -2.37. The van der Waals surface area contributed by atoms with Gasteiger partial charge < -0.3 is 10.4 Å². The average molecular weight is 185 g/mol. The number of aliphatic hydroxyl groups is 1. The first-order valence-electron chi connectivity index (χ1n) is 5.55. The summed E-state index contributed by atoms with van der Waals surface area (Å²) in [4.78, 5) is 0. The Hall–Kier alpha value is -0.0800. The van der Waals surface area contributed by atoms with Crippen LogP contribution in [0.1, 0.15) is 33.1 Å². The molecule has 1 aliphatic heterocycles. The van der Waals surface area contributed by atoms with Gasteiger partial charge in [0, 0.05) is 6.61 Å². The minimum absolute atomic E-state index is 0.360. The highest BCUT2D eigenvalue weighted by Gasteiger charge is 2.24. The summed E-state index contributed by atoms with van der Waals surface area (Å²) in [7, 11) is 0. The van der Waals surface area contributed by atoms with Crippen molar-refractivity contribution in [3.05, 3.63) is 0 Å². The smallest absolute Gasteiger partial charge is 0.0433 e. The Bertz CT molecular complexity index is 134. The molecule has 0 saturated carbocycles. The van der Waals surface area contributed by atoms with E-state index in [4.69, 9.17) is 5.11 Å². The predicted octanol–water partition coefficient (Wildman–Crippen LogP) is 1.64. The van der Waals surface area contributed by atoms with Crippen molar-refractivity contribution in [2.75, 3.05) is 19.7 Å². The second-order valence-corrected chi connectivity index (χ2v) is 4.65. The molecule has 2 unspecified atom stereocenters. The fraction of sp³-hybridized carbons (Fsp3) is 1.00. The molecule has 1 aliphatic rings. The van der Waals surface area contributed by atoms with Crippen LogP contribution in [-0.4, -0.2) is 24.8 Å². The van der Waals surface area contributed by atoms with Crippen LogP contribution in [0.5, 0.6) is 0 Å². The minimum atomic E-state index is 0.360. The molecule has 1 heterocycles. The molecular formula is C11H23NO. The molecule has 1 rings (SSSR count). The first-order chi connectivity index (χ1) is 6.24. The Morgan fingerprint density at radius 1 is 1.38 bits per heavy atom. The quantitative estimate of drug-likeness (QED) is 0.698. The van der Waals surface area contributed by atoms with Crippen LogP contribution >= 0.6 is 0 Å². The molecule has 0 bridgehead atoms. The number of rotatable bonds is 4. The summed E-state index contributed by atoms with van der Waals surface area (Å²) >= 11 is 0.